The summed E-state index contributed by atoms with van der Waals surface area (Å²) in [5.41, 5.74) is 0.967. The fourth-order valence-corrected chi connectivity index (χ4v) is 3.74. The van der Waals surface area contributed by atoms with E-state index < -0.39 is 0 Å². The van der Waals surface area contributed by atoms with E-state index in [9.17, 15) is 0 Å². The molecule has 2 aliphatic rings. The van der Waals surface area contributed by atoms with Crippen LogP contribution in [0.3, 0.4) is 0 Å². The molecule has 0 saturated carbocycles. The molecule has 0 radical (unpaired) electrons. The molecule has 2 aliphatic heterocycles. The Bertz CT molecular complexity index is 654. The van der Waals surface area contributed by atoms with E-state index in [2.05, 4.69) is 35.9 Å². The van der Waals surface area contributed by atoms with Crippen molar-refractivity contribution in [2.24, 2.45) is 0 Å². The van der Waals surface area contributed by atoms with Gasteiger partial charge in [0.1, 0.15) is 11.6 Å². The van der Waals surface area contributed by atoms with Gasteiger partial charge in [0.2, 0.25) is 0 Å². The highest BCUT2D eigenvalue weighted by molar-refractivity contribution is 5.38. The lowest BCUT2D eigenvalue weighted by Gasteiger charge is -2.32. The topological polar surface area (TPSA) is 59.7 Å². The van der Waals surface area contributed by atoms with Gasteiger partial charge in [-0.15, -0.1) is 15.3 Å². The van der Waals surface area contributed by atoms with E-state index in [1.807, 2.05) is 13.0 Å². The van der Waals surface area contributed by atoms with Gasteiger partial charge in [0.15, 0.2) is 5.82 Å². The van der Waals surface area contributed by atoms with E-state index in [1.165, 1.54) is 30.9 Å². The number of piperidine rings is 1. The molecule has 0 spiro atoms. The van der Waals surface area contributed by atoms with Crippen molar-refractivity contribution in [2.75, 3.05) is 18.0 Å². The summed E-state index contributed by atoms with van der Waals surface area (Å²) >= 11 is 0. The number of aryl methyl sites for hydroxylation is 2. The van der Waals surface area contributed by atoms with E-state index in [4.69, 9.17) is 0 Å². The van der Waals surface area contributed by atoms with Crippen molar-refractivity contribution in [2.45, 2.75) is 57.9 Å². The molecule has 4 rings (SSSR count). The van der Waals surface area contributed by atoms with E-state index >= 15 is 0 Å². The zero-order valence-electron chi connectivity index (χ0n) is 13.8. The largest absolute Gasteiger partial charge is 0.355 e. The zero-order valence-corrected chi connectivity index (χ0v) is 13.8. The maximum atomic E-state index is 4.54. The number of fused-ring (bicyclic) bond motifs is 1. The molecule has 0 aromatic carbocycles. The lowest BCUT2D eigenvalue weighted by Crippen LogP contribution is -2.34. The fraction of sp³-hybridized carbons (Fsp3) is 0.647. The van der Waals surface area contributed by atoms with E-state index in [0.717, 1.165) is 50.4 Å². The molecule has 0 N–H and O–H groups in total. The van der Waals surface area contributed by atoms with Crippen LogP contribution < -0.4 is 4.90 Å². The first kappa shape index (κ1) is 14.6. The quantitative estimate of drug-likeness (QED) is 0.852. The Kier molecular flexibility index (Phi) is 3.97. The van der Waals surface area contributed by atoms with Gasteiger partial charge in [-0.3, -0.25) is 0 Å². The van der Waals surface area contributed by atoms with Crippen LogP contribution in [0, 0.1) is 6.92 Å². The first-order valence-corrected chi connectivity index (χ1v) is 8.78. The Morgan fingerprint density at radius 3 is 2.57 bits per heavy atom. The van der Waals surface area contributed by atoms with Gasteiger partial charge in [-0.25, -0.2) is 0 Å². The number of hydrogen-bond donors (Lipinski definition) is 0. The molecule has 122 valence electrons. The Hall–Kier alpha value is -1.98. The first-order valence-electron chi connectivity index (χ1n) is 8.78. The monoisotopic (exact) mass is 312 g/mol. The standard InChI is InChI=1S/C17H24N6/c1-13-6-7-15(19-18-13)22-11-8-14(9-12-22)17-21-20-16-5-3-2-4-10-23(16)17/h6-7,14H,2-5,8-12H2,1H3. The van der Waals surface area contributed by atoms with Crippen LogP contribution in [0.5, 0.6) is 0 Å². The van der Waals surface area contributed by atoms with Gasteiger partial charge >= 0.3 is 0 Å². The molecule has 2 aromatic rings. The summed E-state index contributed by atoms with van der Waals surface area (Å²) < 4.78 is 2.40. The average molecular weight is 312 g/mol. The van der Waals surface area contributed by atoms with E-state index in [0.29, 0.717) is 5.92 Å². The van der Waals surface area contributed by atoms with Gasteiger partial charge in [0, 0.05) is 32.0 Å². The molecule has 23 heavy (non-hydrogen) atoms. The van der Waals surface area contributed by atoms with Crippen molar-refractivity contribution in [3.8, 4) is 0 Å². The van der Waals surface area contributed by atoms with Crippen molar-refractivity contribution in [3.05, 3.63) is 29.5 Å². The van der Waals surface area contributed by atoms with Crippen molar-refractivity contribution in [1.82, 2.24) is 25.0 Å². The molecule has 1 saturated heterocycles. The molecule has 2 aromatic heterocycles. The first-order chi connectivity index (χ1) is 11.3. The molecule has 0 unspecified atom stereocenters. The van der Waals surface area contributed by atoms with Crippen LogP contribution in [-0.4, -0.2) is 38.1 Å². The molecule has 1 fully saturated rings. The number of nitrogens with zero attached hydrogens (tertiary/aromatic N) is 6. The van der Waals surface area contributed by atoms with E-state index in [1.54, 1.807) is 0 Å². The van der Waals surface area contributed by atoms with Gasteiger partial charge in [-0.2, -0.15) is 5.10 Å². The maximum absolute atomic E-state index is 4.54. The van der Waals surface area contributed by atoms with Crippen molar-refractivity contribution >= 4 is 5.82 Å². The summed E-state index contributed by atoms with van der Waals surface area (Å²) in [5.74, 6) is 3.94. The Morgan fingerprint density at radius 2 is 1.78 bits per heavy atom. The number of aromatic nitrogens is 5. The Labute approximate surface area is 136 Å². The minimum atomic E-state index is 0.531. The lowest BCUT2D eigenvalue weighted by atomic mass is 9.96. The summed E-state index contributed by atoms with van der Waals surface area (Å²) in [4.78, 5) is 2.34. The number of anilines is 1. The van der Waals surface area contributed by atoms with Gasteiger partial charge < -0.3 is 9.47 Å². The van der Waals surface area contributed by atoms with E-state index in [-0.39, 0.29) is 0 Å². The minimum absolute atomic E-state index is 0.531. The second kappa shape index (κ2) is 6.26. The molecule has 0 bridgehead atoms. The highest BCUT2D eigenvalue weighted by Crippen LogP contribution is 2.30. The number of rotatable bonds is 2. The molecule has 0 amide bonds. The Balaban J connectivity index is 1.45. The lowest BCUT2D eigenvalue weighted by molar-refractivity contribution is 0.457. The zero-order chi connectivity index (χ0) is 15.6. The summed E-state index contributed by atoms with van der Waals surface area (Å²) in [5, 5.41) is 17.5. The third-order valence-electron chi connectivity index (χ3n) is 5.11. The van der Waals surface area contributed by atoms with Gasteiger partial charge in [0.25, 0.3) is 0 Å². The predicted octanol–water partition coefficient (Wildman–Crippen LogP) is 2.49. The fourth-order valence-electron chi connectivity index (χ4n) is 3.74. The van der Waals surface area contributed by atoms with Gasteiger partial charge in [-0.1, -0.05) is 6.42 Å². The molecular formula is C17H24N6. The third-order valence-corrected chi connectivity index (χ3v) is 5.11. The van der Waals surface area contributed by atoms with Crippen LogP contribution in [0.4, 0.5) is 5.82 Å². The molecule has 6 heteroatoms. The second-order valence-corrected chi connectivity index (χ2v) is 6.73. The van der Waals surface area contributed by atoms with Crippen molar-refractivity contribution in [1.29, 1.82) is 0 Å². The molecule has 6 nitrogen and oxygen atoms in total. The van der Waals surface area contributed by atoms with Crippen LogP contribution >= 0.6 is 0 Å². The molecule has 4 heterocycles. The third kappa shape index (κ3) is 2.94. The van der Waals surface area contributed by atoms with Crippen LogP contribution in [0.25, 0.3) is 0 Å². The second-order valence-electron chi connectivity index (χ2n) is 6.73. The van der Waals surface area contributed by atoms with Crippen LogP contribution in [-0.2, 0) is 13.0 Å². The van der Waals surface area contributed by atoms with Crippen LogP contribution in [0.15, 0.2) is 12.1 Å². The molecule has 0 atom stereocenters. The summed E-state index contributed by atoms with van der Waals surface area (Å²) in [6.07, 6.45) is 7.15. The highest BCUT2D eigenvalue weighted by Gasteiger charge is 2.27. The summed E-state index contributed by atoms with van der Waals surface area (Å²) in [7, 11) is 0. The highest BCUT2D eigenvalue weighted by atomic mass is 15.3. The normalized spacial score (nSPS) is 19.4. The summed E-state index contributed by atoms with van der Waals surface area (Å²) in [6, 6.07) is 4.11. The molecular weight excluding hydrogens is 288 g/mol. The number of hydrogen-bond acceptors (Lipinski definition) is 5. The smallest absolute Gasteiger partial charge is 0.151 e. The van der Waals surface area contributed by atoms with Gasteiger partial charge in [0.05, 0.1) is 5.69 Å². The van der Waals surface area contributed by atoms with Crippen molar-refractivity contribution < 1.29 is 0 Å². The van der Waals surface area contributed by atoms with Crippen molar-refractivity contribution in [3.63, 3.8) is 0 Å². The van der Waals surface area contributed by atoms with Crippen LogP contribution in [0.1, 0.15) is 55.4 Å². The Morgan fingerprint density at radius 1 is 0.913 bits per heavy atom. The minimum Gasteiger partial charge on any atom is -0.355 e. The van der Waals surface area contributed by atoms with Crippen LogP contribution in [0.2, 0.25) is 0 Å². The average Bonchev–Trinajstić information content (AvgIpc) is 2.84. The summed E-state index contributed by atoms with van der Waals surface area (Å²) in [6.45, 7) is 5.11. The SMILES string of the molecule is Cc1ccc(N2CCC(c3nnc4n3CCCCC4)CC2)nn1. The molecule has 0 aliphatic carbocycles. The predicted molar refractivity (Wildman–Crippen MR) is 88.5 cm³/mol. The van der Waals surface area contributed by atoms with Gasteiger partial charge in [-0.05, 0) is 44.7 Å². The maximum Gasteiger partial charge on any atom is 0.151 e.